The number of benzene rings is 3. The van der Waals surface area contributed by atoms with E-state index >= 15 is 0 Å². The van der Waals surface area contributed by atoms with Gasteiger partial charge in [0, 0.05) is 16.7 Å². The molecule has 3 aromatic rings. The Morgan fingerprint density at radius 1 is 0.206 bits per heavy atom. The van der Waals surface area contributed by atoms with Gasteiger partial charge < -0.3 is 0 Å². The lowest BCUT2D eigenvalue weighted by atomic mass is 9.82. The van der Waals surface area contributed by atoms with E-state index in [4.69, 9.17) is 0 Å². The van der Waals surface area contributed by atoms with Crippen LogP contribution in [0.4, 0.5) is 65.9 Å². The van der Waals surface area contributed by atoms with Gasteiger partial charge in [-0.1, -0.05) is 0 Å². The molecule has 0 bridgehead atoms. The Morgan fingerprint density at radius 3 is 0.471 bits per heavy atom. The Bertz CT molecular complexity index is 1110. The van der Waals surface area contributed by atoms with Gasteiger partial charge >= 0.3 is 0 Å². The van der Waals surface area contributed by atoms with Gasteiger partial charge in [-0.15, -0.1) is 0 Å². The lowest BCUT2D eigenvalue weighted by Gasteiger charge is -2.23. The molecule has 0 unspecified atom stereocenters. The molecule has 3 rings (SSSR count). The fourth-order valence-corrected chi connectivity index (χ4v) is 2.85. The highest BCUT2D eigenvalue weighted by atomic mass is 19.2. The molecule has 0 atom stereocenters. The molecule has 0 aliphatic carbocycles. The minimum absolute atomic E-state index is 2.76. The fraction of sp³-hybridized carbons (Fsp3) is 0. The van der Waals surface area contributed by atoms with Crippen LogP contribution in [-0.2, 0) is 0 Å². The van der Waals surface area contributed by atoms with Gasteiger partial charge in [0.05, 0.1) is 5.92 Å². The summed E-state index contributed by atoms with van der Waals surface area (Å²) in [4.78, 5) is 0. The molecule has 0 saturated carbocycles. The third-order valence-electron chi connectivity index (χ3n) is 4.38. The lowest BCUT2D eigenvalue weighted by molar-refractivity contribution is 0.359. The van der Waals surface area contributed by atoms with Crippen LogP contribution in [0.2, 0.25) is 0 Å². The fourth-order valence-electron chi connectivity index (χ4n) is 2.85. The van der Waals surface area contributed by atoms with E-state index < -0.39 is 110 Å². The molecule has 0 aromatic heterocycles. The maximum atomic E-state index is 14.4. The molecule has 0 spiro atoms. The second kappa shape index (κ2) is 8.43. The van der Waals surface area contributed by atoms with Crippen molar-refractivity contribution in [2.45, 2.75) is 0 Å². The van der Waals surface area contributed by atoms with E-state index in [2.05, 4.69) is 0 Å². The Kier molecular flexibility index (Phi) is 6.26. The minimum Gasteiger partial charge on any atom is -0.203 e. The maximum Gasteiger partial charge on any atom is 0.200 e. The summed E-state index contributed by atoms with van der Waals surface area (Å²) in [6, 6.07) is 0. The molecule has 0 nitrogen and oxygen atoms in total. The van der Waals surface area contributed by atoms with E-state index in [1.165, 1.54) is 0 Å². The summed E-state index contributed by atoms with van der Waals surface area (Å²) in [7, 11) is 0. The van der Waals surface area contributed by atoms with E-state index in [9.17, 15) is 65.9 Å². The van der Waals surface area contributed by atoms with Gasteiger partial charge in [-0.05, 0) is 0 Å². The van der Waals surface area contributed by atoms with E-state index in [1.54, 1.807) is 0 Å². The highest BCUT2D eigenvalue weighted by molar-refractivity contribution is 5.60. The third kappa shape index (κ3) is 3.36. The average molecular weight is 513 g/mol. The van der Waals surface area contributed by atoms with Crippen molar-refractivity contribution in [1.29, 1.82) is 0 Å². The van der Waals surface area contributed by atoms with Crippen molar-refractivity contribution in [3.05, 3.63) is 110 Å². The van der Waals surface area contributed by atoms with Gasteiger partial charge in [0.15, 0.2) is 69.8 Å². The predicted molar refractivity (Wildman–Crippen MR) is 79.2 cm³/mol. The molecule has 0 aliphatic rings. The van der Waals surface area contributed by atoms with Crippen LogP contribution in [-0.4, -0.2) is 0 Å². The molecule has 0 saturated heterocycles. The standard InChI is InChI=1S/C19F15/c20-5-2(6(21)12(27)17(32)11(5)26)1(3-7(22)13(28)18(33)14(29)8(3)23)4-9(24)15(30)19(34)16(31)10(4)25. The van der Waals surface area contributed by atoms with Gasteiger partial charge in [-0.3, -0.25) is 0 Å². The third-order valence-corrected chi connectivity index (χ3v) is 4.38. The van der Waals surface area contributed by atoms with Crippen molar-refractivity contribution in [2.24, 2.45) is 0 Å². The molecule has 0 aliphatic heterocycles. The van der Waals surface area contributed by atoms with Crippen molar-refractivity contribution in [3.8, 4) is 0 Å². The van der Waals surface area contributed by atoms with Crippen molar-refractivity contribution in [2.75, 3.05) is 0 Å². The van der Waals surface area contributed by atoms with Gasteiger partial charge in [0.25, 0.3) is 0 Å². The zero-order valence-electron chi connectivity index (χ0n) is 15.2. The molecule has 0 heterocycles. The lowest BCUT2D eigenvalue weighted by Crippen LogP contribution is -2.22. The van der Waals surface area contributed by atoms with Crippen LogP contribution >= 0.6 is 0 Å². The summed E-state index contributed by atoms with van der Waals surface area (Å²) >= 11 is 0. The number of halogens is 15. The zero-order valence-corrected chi connectivity index (χ0v) is 15.2. The first-order valence-corrected chi connectivity index (χ1v) is 8.08. The Balaban J connectivity index is 2.68. The number of rotatable bonds is 3. The molecule has 3 aromatic carbocycles. The van der Waals surface area contributed by atoms with Gasteiger partial charge in [-0.25, -0.2) is 65.9 Å². The molecule has 0 amide bonds. The van der Waals surface area contributed by atoms with Crippen LogP contribution in [0.3, 0.4) is 0 Å². The topological polar surface area (TPSA) is 0 Å². The predicted octanol–water partition coefficient (Wildman–Crippen LogP) is 6.79. The number of hydrogen-bond donors (Lipinski definition) is 0. The summed E-state index contributed by atoms with van der Waals surface area (Å²) in [5.41, 5.74) is -8.28. The van der Waals surface area contributed by atoms with Crippen LogP contribution in [0.25, 0.3) is 0 Å². The minimum atomic E-state index is -3.08. The molecule has 34 heavy (non-hydrogen) atoms. The van der Waals surface area contributed by atoms with Crippen molar-refractivity contribution in [3.63, 3.8) is 0 Å². The second-order valence-corrected chi connectivity index (χ2v) is 6.21. The molecular weight excluding hydrogens is 513 g/mol. The van der Waals surface area contributed by atoms with Crippen LogP contribution in [0.1, 0.15) is 16.7 Å². The summed E-state index contributed by atoms with van der Waals surface area (Å²) in [5.74, 6) is -48.4. The monoisotopic (exact) mass is 513 g/mol. The Hall–Kier alpha value is -3.39. The average Bonchev–Trinajstić information content (AvgIpc) is 2.81. The zero-order chi connectivity index (χ0) is 26.0. The Morgan fingerprint density at radius 2 is 0.324 bits per heavy atom. The smallest absolute Gasteiger partial charge is 0.200 e. The first-order valence-electron chi connectivity index (χ1n) is 8.08. The largest absolute Gasteiger partial charge is 0.203 e. The Labute approximate surface area is 176 Å². The molecule has 181 valence electrons. The second-order valence-electron chi connectivity index (χ2n) is 6.21. The summed E-state index contributed by atoms with van der Waals surface area (Å²) in [6.45, 7) is 0. The van der Waals surface area contributed by atoms with Crippen LogP contribution in [0, 0.1) is 93.2 Å². The van der Waals surface area contributed by atoms with Gasteiger partial charge in [0.1, 0.15) is 0 Å². The first kappa shape index (κ1) is 25.2. The molecular formula is C19F15. The normalized spacial score (nSPS) is 11.6. The van der Waals surface area contributed by atoms with Crippen molar-refractivity contribution in [1.82, 2.24) is 0 Å². The highest BCUT2D eigenvalue weighted by Gasteiger charge is 2.43. The van der Waals surface area contributed by atoms with E-state index in [0.29, 0.717) is 0 Å². The summed E-state index contributed by atoms with van der Waals surface area (Å²) in [6.07, 6.45) is 0. The van der Waals surface area contributed by atoms with E-state index in [-0.39, 0.29) is 0 Å². The molecule has 0 fully saturated rings. The molecule has 15 heteroatoms. The van der Waals surface area contributed by atoms with Crippen LogP contribution < -0.4 is 0 Å². The molecule has 1 radical (unpaired) electrons. The number of hydrogen-bond acceptors (Lipinski definition) is 0. The maximum absolute atomic E-state index is 14.4. The molecule has 0 N–H and O–H groups in total. The highest BCUT2D eigenvalue weighted by Crippen LogP contribution is 2.43. The quantitative estimate of drug-likeness (QED) is 0.157. The first-order chi connectivity index (χ1) is 15.7. The van der Waals surface area contributed by atoms with E-state index in [1.807, 2.05) is 0 Å². The van der Waals surface area contributed by atoms with Gasteiger partial charge in [-0.2, -0.15) is 0 Å². The van der Waals surface area contributed by atoms with Crippen LogP contribution in [0.15, 0.2) is 0 Å². The van der Waals surface area contributed by atoms with Crippen molar-refractivity contribution < 1.29 is 65.9 Å². The van der Waals surface area contributed by atoms with Crippen molar-refractivity contribution >= 4 is 0 Å². The van der Waals surface area contributed by atoms with Crippen LogP contribution in [0.5, 0.6) is 0 Å². The summed E-state index contributed by atoms with van der Waals surface area (Å²) < 4.78 is 208. The SMILES string of the molecule is Fc1c(F)c(F)c([C](c2c(F)c(F)c(F)c(F)c2F)c2c(F)c(F)c(F)c(F)c2F)c(F)c1F. The summed E-state index contributed by atoms with van der Waals surface area (Å²) in [5, 5.41) is 0. The van der Waals surface area contributed by atoms with E-state index in [0.717, 1.165) is 0 Å². The van der Waals surface area contributed by atoms with Gasteiger partial charge in [0.2, 0.25) is 17.5 Å².